The first-order valence-corrected chi connectivity index (χ1v) is 8.36. The fraction of sp³-hybridized carbons (Fsp3) is 0.235. The largest absolute Gasteiger partial charge is 0.282 e. The van der Waals surface area contributed by atoms with Gasteiger partial charge in [0.25, 0.3) is 5.56 Å². The van der Waals surface area contributed by atoms with Gasteiger partial charge < -0.3 is 0 Å². The molecular formula is C17H14FN3OS. The van der Waals surface area contributed by atoms with Crippen molar-refractivity contribution in [1.29, 1.82) is 0 Å². The molecule has 6 heteroatoms. The smallest absolute Gasteiger partial charge is 0.267 e. The average Bonchev–Trinajstić information content (AvgIpc) is 2.95. The van der Waals surface area contributed by atoms with Crippen LogP contribution in [-0.4, -0.2) is 15.9 Å². The lowest BCUT2D eigenvalue weighted by Crippen LogP contribution is -2.18. The van der Waals surface area contributed by atoms with Crippen LogP contribution in [0.3, 0.4) is 0 Å². The first-order chi connectivity index (χ1) is 11.2. The van der Waals surface area contributed by atoms with Gasteiger partial charge in [-0.3, -0.25) is 4.79 Å². The number of nitrogens with zero attached hydrogens (tertiary/aromatic N) is 3. The third-order valence-corrected chi connectivity index (χ3v) is 5.26. The Labute approximate surface area is 135 Å². The van der Waals surface area contributed by atoms with E-state index >= 15 is 0 Å². The lowest BCUT2D eigenvalue weighted by molar-refractivity contribution is 0.628. The van der Waals surface area contributed by atoms with E-state index < -0.39 is 0 Å². The van der Waals surface area contributed by atoms with Crippen LogP contribution in [-0.2, 0) is 12.8 Å². The summed E-state index contributed by atoms with van der Waals surface area (Å²) < 4.78 is 14.2. The van der Waals surface area contributed by atoms with Gasteiger partial charge in [-0.05, 0) is 48.9 Å². The van der Waals surface area contributed by atoms with Gasteiger partial charge in [-0.25, -0.2) is 9.37 Å². The summed E-state index contributed by atoms with van der Waals surface area (Å²) in [6.45, 7) is 0. The van der Waals surface area contributed by atoms with Gasteiger partial charge in [0.15, 0.2) is 0 Å². The molecule has 0 aliphatic heterocycles. The highest BCUT2D eigenvalue weighted by molar-refractivity contribution is 7.18. The number of rotatable bonds is 2. The maximum absolute atomic E-state index is 12.9. The molecule has 4 rings (SSSR count). The summed E-state index contributed by atoms with van der Waals surface area (Å²) in [5.74, 6) is -0.299. The van der Waals surface area contributed by atoms with Crippen LogP contribution in [0.5, 0.6) is 0 Å². The van der Waals surface area contributed by atoms with Gasteiger partial charge in [0, 0.05) is 4.88 Å². The summed E-state index contributed by atoms with van der Waals surface area (Å²) in [5, 5.41) is 4.89. The molecule has 0 spiro atoms. The van der Waals surface area contributed by atoms with E-state index in [0.717, 1.165) is 35.2 Å². The van der Waals surface area contributed by atoms with E-state index in [-0.39, 0.29) is 11.4 Å². The van der Waals surface area contributed by atoms with Crippen LogP contribution in [0.15, 0.2) is 40.5 Å². The maximum Gasteiger partial charge on any atom is 0.282 e. The van der Waals surface area contributed by atoms with Gasteiger partial charge >= 0.3 is 0 Å². The predicted octanol–water partition coefficient (Wildman–Crippen LogP) is 3.36. The molecule has 1 aliphatic carbocycles. The van der Waals surface area contributed by atoms with Gasteiger partial charge in [0.2, 0.25) is 0 Å². The summed E-state index contributed by atoms with van der Waals surface area (Å²) in [7, 11) is 0. The molecule has 0 N–H and O–H groups in total. The van der Waals surface area contributed by atoms with Crippen LogP contribution < -0.4 is 5.56 Å². The molecule has 1 aromatic carbocycles. The molecule has 0 amide bonds. The molecule has 0 saturated carbocycles. The van der Waals surface area contributed by atoms with E-state index in [9.17, 15) is 9.18 Å². The van der Waals surface area contributed by atoms with Gasteiger partial charge in [0.1, 0.15) is 17.0 Å². The lowest BCUT2D eigenvalue weighted by Gasteiger charge is -2.09. The Bertz CT molecular complexity index is 956. The van der Waals surface area contributed by atoms with E-state index in [1.54, 1.807) is 23.5 Å². The highest BCUT2D eigenvalue weighted by atomic mass is 32.1. The third-order valence-electron chi connectivity index (χ3n) is 4.06. The van der Waals surface area contributed by atoms with Crippen molar-refractivity contribution in [3.05, 3.63) is 62.8 Å². The summed E-state index contributed by atoms with van der Waals surface area (Å²) in [5.41, 5.74) is 1.75. The first-order valence-electron chi connectivity index (χ1n) is 7.54. The highest BCUT2D eigenvalue weighted by Crippen LogP contribution is 2.33. The number of aromatic nitrogens is 2. The number of aryl methyl sites for hydroxylation is 2. The van der Waals surface area contributed by atoms with Crippen molar-refractivity contribution >= 4 is 27.8 Å². The Morgan fingerprint density at radius 2 is 2.00 bits per heavy atom. The average molecular weight is 327 g/mol. The van der Waals surface area contributed by atoms with E-state index in [0.29, 0.717) is 5.39 Å². The Morgan fingerprint density at radius 3 is 2.83 bits per heavy atom. The molecule has 0 saturated heterocycles. The van der Waals surface area contributed by atoms with Crippen LogP contribution in [0.1, 0.15) is 28.8 Å². The van der Waals surface area contributed by atoms with Crippen molar-refractivity contribution in [3.63, 3.8) is 0 Å². The van der Waals surface area contributed by atoms with E-state index in [4.69, 9.17) is 0 Å². The van der Waals surface area contributed by atoms with Crippen LogP contribution in [0, 0.1) is 5.82 Å². The number of halogens is 1. The summed E-state index contributed by atoms with van der Waals surface area (Å²) >= 11 is 1.62. The molecule has 23 heavy (non-hydrogen) atoms. The number of hydrogen-bond acceptors (Lipinski definition) is 4. The molecule has 116 valence electrons. The predicted molar refractivity (Wildman–Crippen MR) is 89.9 cm³/mol. The van der Waals surface area contributed by atoms with Gasteiger partial charge in [0.05, 0.1) is 11.6 Å². The van der Waals surface area contributed by atoms with Gasteiger partial charge in [-0.2, -0.15) is 9.78 Å². The van der Waals surface area contributed by atoms with Crippen molar-refractivity contribution in [2.75, 3.05) is 0 Å². The minimum Gasteiger partial charge on any atom is -0.267 e. The van der Waals surface area contributed by atoms with Crippen molar-refractivity contribution in [2.24, 2.45) is 5.10 Å². The zero-order chi connectivity index (χ0) is 15.8. The van der Waals surface area contributed by atoms with Crippen LogP contribution in [0.25, 0.3) is 10.2 Å². The Balaban J connectivity index is 1.77. The van der Waals surface area contributed by atoms with Crippen molar-refractivity contribution in [2.45, 2.75) is 25.7 Å². The fourth-order valence-electron chi connectivity index (χ4n) is 2.90. The van der Waals surface area contributed by atoms with Crippen LogP contribution in [0.4, 0.5) is 4.39 Å². The summed E-state index contributed by atoms with van der Waals surface area (Å²) in [6.07, 6.45) is 7.26. The lowest BCUT2D eigenvalue weighted by atomic mass is 9.97. The summed E-state index contributed by atoms with van der Waals surface area (Å²) in [6, 6.07) is 5.95. The molecule has 2 heterocycles. The third kappa shape index (κ3) is 2.59. The number of benzene rings is 1. The van der Waals surface area contributed by atoms with Crippen molar-refractivity contribution in [1.82, 2.24) is 9.66 Å². The van der Waals surface area contributed by atoms with Gasteiger partial charge in [-0.15, -0.1) is 11.3 Å². The second kappa shape index (κ2) is 5.70. The molecule has 0 unspecified atom stereocenters. The van der Waals surface area contributed by atoms with E-state index in [1.165, 1.54) is 40.6 Å². The Kier molecular flexibility index (Phi) is 3.53. The molecule has 0 atom stereocenters. The van der Waals surface area contributed by atoms with Crippen LogP contribution >= 0.6 is 11.3 Å². The molecule has 0 fully saturated rings. The number of hydrogen-bond donors (Lipinski definition) is 0. The number of thiophene rings is 1. The molecule has 1 aliphatic rings. The molecule has 2 aromatic heterocycles. The molecule has 3 aromatic rings. The second-order valence-corrected chi connectivity index (χ2v) is 6.67. The Morgan fingerprint density at radius 1 is 1.22 bits per heavy atom. The molecule has 0 radical (unpaired) electrons. The monoisotopic (exact) mass is 327 g/mol. The van der Waals surface area contributed by atoms with Crippen molar-refractivity contribution in [3.8, 4) is 0 Å². The fourth-order valence-corrected chi connectivity index (χ4v) is 4.12. The number of fused-ring (bicyclic) bond motifs is 3. The second-order valence-electron chi connectivity index (χ2n) is 5.58. The summed E-state index contributed by atoms with van der Waals surface area (Å²) in [4.78, 5) is 19.2. The maximum atomic E-state index is 12.9. The molecule has 4 nitrogen and oxygen atoms in total. The minimum absolute atomic E-state index is 0.132. The first kappa shape index (κ1) is 14.3. The highest BCUT2D eigenvalue weighted by Gasteiger charge is 2.19. The van der Waals surface area contributed by atoms with Gasteiger partial charge in [-0.1, -0.05) is 12.1 Å². The van der Waals surface area contributed by atoms with E-state index in [1.807, 2.05) is 0 Å². The van der Waals surface area contributed by atoms with Crippen molar-refractivity contribution < 1.29 is 4.39 Å². The zero-order valence-corrected chi connectivity index (χ0v) is 13.1. The molecular weight excluding hydrogens is 313 g/mol. The SMILES string of the molecule is O=c1c2c3c(sc2ncn1/N=C/c1ccc(F)cc1)CCCC3. The zero-order valence-electron chi connectivity index (χ0n) is 12.3. The topological polar surface area (TPSA) is 47.2 Å². The van der Waals surface area contributed by atoms with Crippen LogP contribution in [0.2, 0.25) is 0 Å². The normalized spacial score (nSPS) is 14.5. The standard InChI is InChI=1S/C17H14FN3OS/c18-12-7-5-11(6-8-12)9-20-21-10-19-16-15(17(21)22)13-3-1-2-4-14(13)23-16/h5-10H,1-4H2/b20-9+. The minimum atomic E-state index is -0.299. The molecule has 0 bridgehead atoms. The van der Waals surface area contributed by atoms with E-state index in [2.05, 4.69) is 10.1 Å². The Hall–Kier alpha value is -2.34. The quantitative estimate of drug-likeness (QED) is 0.678.